The van der Waals surface area contributed by atoms with E-state index in [0.717, 1.165) is 0 Å². The third-order valence-corrected chi connectivity index (χ3v) is 3.73. The maximum atomic E-state index is 10.9. The molecule has 0 saturated heterocycles. The first-order valence-electron chi connectivity index (χ1n) is 5.47. The molecule has 0 aliphatic carbocycles. The summed E-state index contributed by atoms with van der Waals surface area (Å²) in [5, 5.41) is 14.1. The van der Waals surface area contributed by atoms with Gasteiger partial charge in [0.2, 0.25) is 0 Å². The van der Waals surface area contributed by atoms with E-state index in [-0.39, 0.29) is 5.56 Å². The van der Waals surface area contributed by atoms with Crippen molar-refractivity contribution in [1.29, 1.82) is 0 Å². The van der Waals surface area contributed by atoms with Crippen LogP contribution in [0.1, 0.15) is 20.8 Å². The van der Waals surface area contributed by atoms with Crippen LogP contribution in [0.5, 0.6) is 0 Å². The highest BCUT2D eigenvalue weighted by atomic mass is 32.1. The highest BCUT2D eigenvalue weighted by Crippen LogP contribution is 2.23. The van der Waals surface area contributed by atoms with E-state index < -0.39 is 5.97 Å². The topological polar surface area (TPSA) is 75.3 Å². The van der Waals surface area contributed by atoms with Crippen molar-refractivity contribution in [3.63, 3.8) is 0 Å². The van der Waals surface area contributed by atoms with E-state index in [4.69, 9.17) is 10.8 Å². The van der Waals surface area contributed by atoms with Crippen LogP contribution in [0.4, 0.5) is 11.4 Å². The quantitative estimate of drug-likeness (QED) is 0.740. The molecule has 0 amide bonds. The lowest BCUT2D eigenvalue weighted by atomic mass is 10.1. The maximum Gasteiger partial charge on any atom is 0.335 e. The highest BCUT2D eigenvalue weighted by Gasteiger charge is 2.07. The summed E-state index contributed by atoms with van der Waals surface area (Å²) in [5.41, 5.74) is 8.47. The highest BCUT2D eigenvalue weighted by molar-refractivity contribution is 7.10. The minimum atomic E-state index is -0.953. The van der Waals surface area contributed by atoms with E-state index in [1.54, 1.807) is 23.5 Å². The molecule has 4 N–H and O–H groups in total. The monoisotopic (exact) mass is 262 g/mol. The van der Waals surface area contributed by atoms with Crippen molar-refractivity contribution in [1.82, 2.24) is 0 Å². The smallest absolute Gasteiger partial charge is 0.335 e. The molecular formula is C13H14N2O2S. The first-order chi connectivity index (χ1) is 8.58. The number of nitrogen functional groups attached to an aromatic ring is 1. The number of carboxylic acid groups (broad SMARTS) is 1. The SMILES string of the molecule is Cc1ccsc1CNc1cc(C(=O)O)ccc1N. The van der Waals surface area contributed by atoms with Crippen LogP contribution >= 0.6 is 11.3 Å². The number of nitrogens with two attached hydrogens (primary N) is 1. The van der Waals surface area contributed by atoms with Crippen LogP contribution < -0.4 is 11.1 Å². The molecule has 0 aliphatic heterocycles. The Morgan fingerprint density at radius 1 is 1.44 bits per heavy atom. The van der Waals surface area contributed by atoms with E-state index in [0.29, 0.717) is 17.9 Å². The molecule has 18 heavy (non-hydrogen) atoms. The van der Waals surface area contributed by atoms with Gasteiger partial charge in [0.1, 0.15) is 0 Å². The fourth-order valence-electron chi connectivity index (χ4n) is 1.60. The second-order valence-corrected chi connectivity index (χ2v) is 4.99. The molecule has 1 heterocycles. The number of rotatable bonds is 4. The van der Waals surface area contributed by atoms with Gasteiger partial charge in [-0.2, -0.15) is 0 Å². The van der Waals surface area contributed by atoms with Crippen LogP contribution in [0, 0.1) is 6.92 Å². The van der Waals surface area contributed by atoms with Crippen LogP contribution in [0.15, 0.2) is 29.6 Å². The van der Waals surface area contributed by atoms with Crippen molar-refractivity contribution < 1.29 is 9.90 Å². The second kappa shape index (κ2) is 5.10. The van der Waals surface area contributed by atoms with Gasteiger partial charge in [-0.3, -0.25) is 0 Å². The van der Waals surface area contributed by atoms with Gasteiger partial charge in [0.15, 0.2) is 0 Å². The lowest BCUT2D eigenvalue weighted by molar-refractivity contribution is 0.0697. The van der Waals surface area contributed by atoms with Crippen LogP contribution in [-0.4, -0.2) is 11.1 Å². The van der Waals surface area contributed by atoms with Gasteiger partial charge in [-0.15, -0.1) is 11.3 Å². The van der Waals surface area contributed by atoms with Gasteiger partial charge in [-0.25, -0.2) is 4.79 Å². The van der Waals surface area contributed by atoms with Gasteiger partial charge in [0.25, 0.3) is 0 Å². The fourth-order valence-corrected chi connectivity index (χ4v) is 2.45. The second-order valence-electron chi connectivity index (χ2n) is 3.99. The number of hydrogen-bond acceptors (Lipinski definition) is 4. The van der Waals surface area contributed by atoms with Crippen molar-refractivity contribution in [2.75, 3.05) is 11.1 Å². The third-order valence-electron chi connectivity index (χ3n) is 2.71. The molecular weight excluding hydrogens is 248 g/mol. The Hall–Kier alpha value is -2.01. The predicted molar refractivity (Wildman–Crippen MR) is 74.2 cm³/mol. The van der Waals surface area contributed by atoms with Crippen molar-refractivity contribution in [3.8, 4) is 0 Å². The normalized spacial score (nSPS) is 10.3. The van der Waals surface area contributed by atoms with E-state index in [1.807, 2.05) is 12.3 Å². The number of thiophene rings is 1. The standard InChI is InChI=1S/C13H14N2O2S/c1-8-4-5-18-12(8)7-15-11-6-9(13(16)17)2-3-10(11)14/h2-6,15H,7,14H2,1H3,(H,16,17). The van der Waals surface area contributed by atoms with Crippen molar-refractivity contribution in [2.45, 2.75) is 13.5 Å². The molecule has 0 unspecified atom stereocenters. The Kier molecular flexibility index (Phi) is 3.53. The van der Waals surface area contributed by atoms with E-state index in [9.17, 15) is 4.79 Å². The first kappa shape index (κ1) is 12.4. The molecule has 2 rings (SSSR count). The Morgan fingerprint density at radius 2 is 2.22 bits per heavy atom. The van der Waals surface area contributed by atoms with E-state index >= 15 is 0 Å². The largest absolute Gasteiger partial charge is 0.478 e. The Balaban J connectivity index is 2.16. The van der Waals surface area contributed by atoms with Crippen LogP contribution in [0.25, 0.3) is 0 Å². The molecule has 94 valence electrons. The predicted octanol–water partition coefficient (Wildman–Crippen LogP) is 2.95. The number of nitrogens with one attached hydrogen (secondary N) is 1. The summed E-state index contributed by atoms with van der Waals surface area (Å²) >= 11 is 1.67. The number of anilines is 2. The number of carboxylic acids is 1. The molecule has 0 saturated carbocycles. The molecule has 0 spiro atoms. The van der Waals surface area contributed by atoms with E-state index in [1.165, 1.54) is 16.5 Å². The summed E-state index contributed by atoms with van der Waals surface area (Å²) in [4.78, 5) is 12.1. The number of aromatic carboxylic acids is 1. The molecule has 1 aromatic heterocycles. The molecule has 0 fully saturated rings. The molecule has 2 aromatic rings. The Bertz CT molecular complexity index is 578. The zero-order chi connectivity index (χ0) is 13.1. The molecule has 4 nitrogen and oxygen atoms in total. The number of carbonyl (C=O) groups is 1. The van der Waals surface area contributed by atoms with Crippen LogP contribution in [0.3, 0.4) is 0 Å². The zero-order valence-electron chi connectivity index (χ0n) is 9.93. The van der Waals surface area contributed by atoms with Gasteiger partial charge in [0.05, 0.1) is 16.9 Å². The Labute approximate surface area is 109 Å². The third kappa shape index (κ3) is 2.62. The molecule has 5 heteroatoms. The van der Waals surface area contributed by atoms with Gasteiger partial charge in [-0.05, 0) is 42.1 Å². The molecule has 0 radical (unpaired) electrons. The summed E-state index contributed by atoms with van der Waals surface area (Å²) < 4.78 is 0. The average Bonchev–Trinajstić information content (AvgIpc) is 2.73. The molecule has 0 bridgehead atoms. The number of hydrogen-bond donors (Lipinski definition) is 3. The average molecular weight is 262 g/mol. The van der Waals surface area contributed by atoms with Crippen molar-refractivity contribution in [3.05, 3.63) is 45.6 Å². The fraction of sp³-hybridized carbons (Fsp3) is 0.154. The number of benzene rings is 1. The summed E-state index contributed by atoms with van der Waals surface area (Å²) in [5.74, 6) is -0.953. The summed E-state index contributed by atoms with van der Waals surface area (Å²) in [7, 11) is 0. The van der Waals surface area contributed by atoms with Crippen molar-refractivity contribution in [2.24, 2.45) is 0 Å². The summed E-state index contributed by atoms with van der Waals surface area (Å²) in [6, 6.07) is 6.71. The number of aryl methyl sites for hydroxylation is 1. The van der Waals surface area contributed by atoms with Crippen LogP contribution in [0.2, 0.25) is 0 Å². The van der Waals surface area contributed by atoms with Crippen molar-refractivity contribution >= 4 is 28.7 Å². The Morgan fingerprint density at radius 3 is 2.83 bits per heavy atom. The zero-order valence-corrected chi connectivity index (χ0v) is 10.8. The lowest BCUT2D eigenvalue weighted by Gasteiger charge is -2.09. The van der Waals surface area contributed by atoms with Gasteiger partial charge >= 0.3 is 5.97 Å². The molecule has 1 aromatic carbocycles. The minimum absolute atomic E-state index is 0.231. The summed E-state index contributed by atoms with van der Waals surface area (Å²) in [6.45, 7) is 2.70. The van der Waals surface area contributed by atoms with Crippen LogP contribution in [-0.2, 0) is 6.54 Å². The lowest BCUT2D eigenvalue weighted by Crippen LogP contribution is -2.04. The summed E-state index contributed by atoms with van der Waals surface area (Å²) in [6.07, 6.45) is 0. The minimum Gasteiger partial charge on any atom is -0.478 e. The van der Waals surface area contributed by atoms with E-state index in [2.05, 4.69) is 11.4 Å². The molecule has 0 atom stereocenters. The maximum absolute atomic E-state index is 10.9. The van der Waals surface area contributed by atoms with Gasteiger partial charge < -0.3 is 16.2 Å². The first-order valence-corrected chi connectivity index (χ1v) is 6.35. The van der Waals surface area contributed by atoms with Gasteiger partial charge in [0, 0.05) is 11.4 Å². The molecule has 0 aliphatic rings. The van der Waals surface area contributed by atoms with Gasteiger partial charge in [-0.1, -0.05) is 0 Å².